The molecule has 0 radical (unpaired) electrons. The van der Waals surface area contributed by atoms with Crippen molar-refractivity contribution in [3.8, 4) is 11.5 Å². The Kier molecular flexibility index (Phi) is 5.39. The Balaban J connectivity index is 1.54. The first kappa shape index (κ1) is 19.9. The number of rotatable bonds is 5. The molecule has 0 spiro atoms. The summed E-state index contributed by atoms with van der Waals surface area (Å²) in [6.07, 6.45) is 1.26. The van der Waals surface area contributed by atoms with E-state index in [1.807, 2.05) is 32.0 Å². The molecule has 2 aromatic carbocycles. The smallest absolute Gasteiger partial charge is 0.261 e. The van der Waals surface area contributed by atoms with Crippen molar-refractivity contribution >= 4 is 16.8 Å². The minimum Gasteiger partial charge on any atom is -0.486 e. The van der Waals surface area contributed by atoms with Gasteiger partial charge in [-0.05, 0) is 35.7 Å². The number of hydrogen-bond donors (Lipinski definition) is 1. The molecule has 3 aromatic rings. The molecule has 156 valence electrons. The van der Waals surface area contributed by atoms with Gasteiger partial charge in [-0.1, -0.05) is 19.9 Å². The van der Waals surface area contributed by atoms with Gasteiger partial charge in [-0.15, -0.1) is 0 Å². The van der Waals surface area contributed by atoms with Crippen LogP contribution in [-0.4, -0.2) is 28.7 Å². The Morgan fingerprint density at radius 3 is 2.70 bits per heavy atom. The maximum absolute atomic E-state index is 13.3. The Hall–Kier alpha value is -3.42. The molecule has 1 unspecified atom stereocenters. The maximum atomic E-state index is 13.3. The first-order chi connectivity index (χ1) is 14.4. The maximum Gasteiger partial charge on any atom is 0.261 e. The lowest BCUT2D eigenvalue weighted by atomic mass is 9.95. The molecule has 30 heavy (non-hydrogen) atoms. The summed E-state index contributed by atoms with van der Waals surface area (Å²) in [6, 6.07) is 9.10. The summed E-state index contributed by atoms with van der Waals surface area (Å²) < 4.78 is 25.7. The highest BCUT2D eigenvalue weighted by molar-refractivity contribution is 5.79. The van der Waals surface area contributed by atoms with Crippen molar-refractivity contribution in [3.63, 3.8) is 0 Å². The number of hydrogen-bond acceptors (Lipinski definition) is 5. The van der Waals surface area contributed by atoms with Crippen LogP contribution in [0.3, 0.4) is 0 Å². The lowest BCUT2D eigenvalue weighted by molar-refractivity contribution is -0.122. The molecular formula is C22H22FN3O4. The summed E-state index contributed by atoms with van der Waals surface area (Å²) in [4.78, 5) is 29.4. The number of amides is 1. The second-order valence-electron chi connectivity index (χ2n) is 7.53. The van der Waals surface area contributed by atoms with E-state index in [0.29, 0.717) is 24.7 Å². The lowest BCUT2D eigenvalue weighted by Gasteiger charge is -2.25. The van der Waals surface area contributed by atoms with Crippen LogP contribution in [-0.2, 0) is 11.3 Å². The third kappa shape index (κ3) is 3.98. The van der Waals surface area contributed by atoms with Crippen LogP contribution in [0.5, 0.6) is 11.5 Å². The normalized spacial score (nSPS) is 14.0. The molecule has 1 aliphatic heterocycles. The molecule has 8 heteroatoms. The molecule has 0 saturated heterocycles. The van der Waals surface area contributed by atoms with Gasteiger partial charge in [0.15, 0.2) is 11.5 Å². The number of nitrogens with zero attached hydrogens (tertiary/aromatic N) is 2. The topological polar surface area (TPSA) is 82.5 Å². The molecule has 1 amide bonds. The number of halogens is 1. The molecule has 7 nitrogen and oxygen atoms in total. The van der Waals surface area contributed by atoms with Gasteiger partial charge in [0.25, 0.3) is 5.56 Å². The first-order valence-corrected chi connectivity index (χ1v) is 9.76. The number of benzene rings is 2. The van der Waals surface area contributed by atoms with Crippen LogP contribution in [0.1, 0.15) is 25.5 Å². The zero-order chi connectivity index (χ0) is 21.3. The number of carbonyl (C=O) groups excluding carboxylic acids is 1. The standard InChI is InChI=1S/C22H22FN3O4/c1-13(2)21(14-3-6-18-19(9-14)30-8-7-29-18)25-20(27)11-26-12-24-17-10-15(23)4-5-16(17)22(26)28/h3-6,9-10,12-13,21H,7-8,11H2,1-2H3,(H,25,27). The predicted octanol–water partition coefficient (Wildman–Crippen LogP) is 2.82. The highest BCUT2D eigenvalue weighted by Gasteiger charge is 2.22. The van der Waals surface area contributed by atoms with Crippen LogP contribution < -0.4 is 20.3 Å². The second-order valence-corrected chi connectivity index (χ2v) is 7.53. The van der Waals surface area contributed by atoms with E-state index in [2.05, 4.69) is 10.3 Å². The molecular weight excluding hydrogens is 389 g/mol. The summed E-state index contributed by atoms with van der Waals surface area (Å²) in [5, 5.41) is 3.25. The van der Waals surface area contributed by atoms with Gasteiger partial charge in [0.1, 0.15) is 25.6 Å². The van der Waals surface area contributed by atoms with Gasteiger partial charge in [-0.2, -0.15) is 0 Å². The fraction of sp³-hybridized carbons (Fsp3) is 0.318. The molecule has 1 aromatic heterocycles. The average Bonchev–Trinajstić information content (AvgIpc) is 2.73. The molecule has 4 rings (SSSR count). The van der Waals surface area contributed by atoms with Gasteiger partial charge in [-0.25, -0.2) is 9.37 Å². The van der Waals surface area contributed by atoms with Gasteiger partial charge >= 0.3 is 0 Å². The molecule has 2 heterocycles. The van der Waals surface area contributed by atoms with Crippen molar-refractivity contribution in [1.29, 1.82) is 0 Å². The minimum absolute atomic E-state index is 0.103. The molecule has 0 bridgehead atoms. The number of ether oxygens (including phenoxy) is 2. The fourth-order valence-electron chi connectivity index (χ4n) is 3.51. The minimum atomic E-state index is -0.468. The summed E-state index contributed by atoms with van der Waals surface area (Å²) in [5.74, 6) is 0.647. The number of aromatic nitrogens is 2. The largest absolute Gasteiger partial charge is 0.486 e. The van der Waals surface area contributed by atoms with Crippen molar-refractivity contribution in [3.05, 3.63) is 64.5 Å². The van der Waals surface area contributed by atoms with Crippen molar-refractivity contribution in [2.75, 3.05) is 13.2 Å². The van der Waals surface area contributed by atoms with Crippen molar-refractivity contribution in [1.82, 2.24) is 14.9 Å². The lowest BCUT2D eigenvalue weighted by Crippen LogP contribution is -2.36. The Morgan fingerprint density at radius 1 is 1.17 bits per heavy atom. The van der Waals surface area contributed by atoms with Crippen molar-refractivity contribution in [2.45, 2.75) is 26.4 Å². The van der Waals surface area contributed by atoms with E-state index in [4.69, 9.17) is 9.47 Å². The van der Waals surface area contributed by atoms with Crippen LogP contribution in [0.4, 0.5) is 4.39 Å². The number of carbonyl (C=O) groups is 1. The third-order valence-electron chi connectivity index (χ3n) is 5.01. The summed E-state index contributed by atoms with van der Waals surface area (Å²) in [5.41, 5.74) is 0.755. The van der Waals surface area contributed by atoms with Crippen molar-refractivity contribution < 1.29 is 18.7 Å². The monoisotopic (exact) mass is 411 g/mol. The van der Waals surface area contributed by atoms with Gasteiger partial charge in [0.05, 0.1) is 23.3 Å². The summed E-state index contributed by atoms with van der Waals surface area (Å²) in [7, 11) is 0. The van der Waals surface area contributed by atoms with Crippen LogP contribution in [0.2, 0.25) is 0 Å². The number of fused-ring (bicyclic) bond motifs is 2. The molecule has 1 N–H and O–H groups in total. The zero-order valence-corrected chi connectivity index (χ0v) is 16.7. The molecule has 0 saturated carbocycles. The van der Waals surface area contributed by atoms with Crippen LogP contribution in [0.25, 0.3) is 10.9 Å². The fourth-order valence-corrected chi connectivity index (χ4v) is 3.51. The van der Waals surface area contributed by atoms with E-state index in [0.717, 1.165) is 5.56 Å². The Morgan fingerprint density at radius 2 is 1.93 bits per heavy atom. The summed E-state index contributed by atoms with van der Waals surface area (Å²) >= 11 is 0. The SMILES string of the molecule is CC(C)C(NC(=O)Cn1cnc2cc(F)ccc2c1=O)c1ccc2c(c1)OCCO2. The number of nitrogens with one attached hydrogen (secondary N) is 1. The Labute approximate surface area is 172 Å². The van der Waals surface area contributed by atoms with E-state index < -0.39 is 11.4 Å². The molecule has 0 aliphatic carbocycles. The van der Waals surface area contributed by atoms with Gasteiger partial charge in [0.2, 0.25) is 5.91 Å². The van der Waals surface area contributed by atoms with E-state index >= 15 is 0 Å². The zero-order valence-electron chi connectivity index (χ0n) is 16.7. The molecule has 0 fully saturated rings. The highest BCUT2D eigenvalue weighted by Crippen LogP contribution is 2.34. The van der Waals surface area contributed by atoms with Gasteiger partial charge in [-0.3, -0.25) is 14.2 Å². The van der Waals surface area contributed by atoms with Crippen LogP contribution in [0.15, 0.2) is 47.5 Å². The van der Waals surface area contributed by atoms with Gasteiger partial charge in [0, 0.05) is 6.07 Å². The highest BCUT2D eigenvalue weighted by atomic mass is 19.1. The van der Waals surface area contributed by atoms with Crippen LogP contribution >= 0.6 is 0 Å². The van der Waals surface area contributed by atoms with E-state index in [1.165, 1.54) is 29.1 Å². The average molecular weight is 411 g/mol. The van der Waals surface area contributed by atoms with Crippen LogP contribution in [0, 0.1) is 11.7 Å². The predicted molar refractivity (Wildman–Crippen MR) is 109 cm³/mol. The first-order valence-electron chi connectivity index (χ1n) is 9.76. The van der Waals surface area contributed by atoms with E-state index in [9.17, 15) is 14.0 Å². The Bertz CT molecular complexity index is 1160. The summed E-state index contributed by atoms with van der Waals surface area (Å²) in [6.45, 7) is 4.81. The van der Waals surface area contributed by atoms with Gasteiger partial charge < -0.3 is 14.8 Å². The quantitative estimate of drug-likeness (QED) is 0.698. The van der Waals surface area contributed by atoms with E-state index in [1.54, 1.807) is 0 Å². The molecule has 1 aliphatic rings. The third-order valence-corrected chi connectivity index (χ3v) is 5.01. The van der Waals surface area contributed by atoms with E-state index in [-0.39, 0.29) is 35.3 Å². The second kappa shape index (κ2) is 8.14. The molecule has 1 atom stereocenters. The van der Waals surface area contributed by atoms with Crippen molar-refractivity contribution in [2.24, 2.45) is 5.92 Å².